The zero-order valence-corrected chi connectivity index (χ0v) is 51.9. The number of unbranched alkanes of at least 4 members (excludes halogenated alkanes) is 3. The van der Waals surface area contributed by atoms with Crippen LogP contribution < -0.4 is 98.8 Å². The van der Waals surface area contributed by atoms with Gasteiger partial charge in [0.25, 0.3) is 40.0 Å². The minimum atomic E-state index is -1.38. The van der Waals surface area contributed by atoms with E-state index in [2.05, 4.69) is 47.9 Å². The number of nitrogens with zero attached hydrogens (tertiary/aromatic N) is 4. The van der Waals surface area contributed by atoms with Gasteiger partial charge < -0.3 is 94.6 Å². The Balaban J connectivity index is 1.00. The fourth-order valence-corrected chi connectivity index (χ4v) is 10.4. The van der Waals surface area contributed by atoms with Gasteiger partial charge in [-0.3, -0.25) is 64.8 Å². The first kappa shape index (κ1) is 69.2. The molecule has 35 heteroatoms. The van der Waals surface area contributed by atoms with Crippen LogP contribution in [-0.2, 0) is 30.5 Å². The number of nitrogens with one attached hydrogen (secondary N) is 13. The molecule has 5 amide bonds. The average molecular weight is 1320 g/mol. The number of fused-ring (bicyclic) bond motifs is 4. The van der Waals surface area contributed by atoms with Gasteiger partial charge in [0.05, 0.1) is 28.1 Å². The lowest BCUT2D eigenvalue weighted by Gasteiger charge is -2.16. The van der Waals surface area contributed by atoms with Gasteiger partial charge in [-0.2, -0.15) is 19.0 Å². The molecule has 8 rings (SSSR count). The number of rotatable bonds is 34. The Kier molecular flexibility index (Phi) is 23.4. The molecular formula is C60H78N22O13. The minimum Gasteiger partial charge on any atom is -0.376 e. The van der Waals surface area contributed by atoms with Gasteiger partial charge in [0, 0.05) is 55.3 Å². The molecule has 0 saturated heterocycles. The van der Waals surface area contributed by atoms with Gasteiger partial charge in [-0.1, -0.05) is 6.42 Å². The third-order valence-corrected chi connectivity index (χ3v) is 15.2. The molecule has 0 spiro atoms. The largest absolute Gasteiger partial charge is 0.376 e. The van der Waals surface area contributed by atoms with Crippen molar-refractivity contribution in [1.82, 2.24) is 45.5 Å². The minimum absolute atomic E-state index is 0.0000587. The van der Waals surface area contributed by atoms with Crippen molar-refractivity contribution in [2.75, 3.05) is 54.0 Å². The summed E-state index contributed by atoms with van der Waals surface area (Å²) in [6.07, 6.45) is 3.96. The van der Waals surface area contributed by atoms with Crippen molar-refractivity contribution in [3.63, 3.8) is 0 Å². The summed E-state index contributed by atoms with van der Waals surface area (Å²) >= 11 is 0. The lowest BCUT2D eigenvalue weighted by molar-refractivity contribution is -0.126. The van der Waals surface area contributed by atoms with E-state index in [0.29, 0.717) is 44.5 Å². The molecule has 0 aliphatic rings. The van der Waals surface area contributed by atoms with Crippen molar-refractivity contribution in [3.8, 4) is 0 Å². The molecule has 4 aromatic carbocycles. The molecule has 95 heavy (non-hydrogen) atoms. The molecule has 0 bridgehead atoms. The van der Waals surface area contributed by atoms with Crippen molar-refractivity contribution in [3.05, 3.63) is 114 Å². The van der Waals surface area contributed by atoms with E-state index in [9.17, 15) is 43.2 Å². The summed E-state index contributed by atoms with van der Waals surface area (Å²) < 4.78 is 27.6. The van der Waals surface area contributed by atoms with Crippen LogP contribution in [-0.4, -0.2) is 111 Å². The highest BCUT2D eigenvalue weighted by Gasteiger charge is 2.31. The van der Waals surface area contributed by atoms with Crippen LogP contribution in [0.2, 0.25) is 0 Å². The molecule has 0 fully saturated rings. The Labute approximate surface area is 539 Å². The summed E-state index contributed by atoms with van der Waals surface area (Å²) in [7, 11) is 0. The molecule has 0 radical (unpaired) electrons. The average Bonchev–Trinajstić information content (AvgIpc) is 1.66. The molecule has 0 saturated carbocycles. The van der Waals surface area contributed by atoms with Crippen LogP contribution in [0, 0.1) is 21.6 Å². The Hall–Kier alpha value is -11.7. The van der Waals surface area contributed by atoms with Crippen LogP contribution in [0.4, 0.5) is 22.7 Å². The zero-order chi connectivity index (χ0) is 68.5. The van der Waals surface area contributed by atoms with Gasteiger partial charge in [0.15, 0.2) is 46.2 Å². The molecule has 506 valence electrons. The first-order valence-electron chi connectivity index (χ1n) is 30.6. The molecule has 0 aliphatic carbocycles. The molecule has 4 atom stereocenters. The number of guanidine groups is 4. The fourth-order valence-electron chi connectivity index (χ4n) is 10.4. The van der Waals surface area contributed by atoms with Gasteiger partial charge >= 0.3 is 0 Å². The van der Waals surface area contributed by atoms with E-state index >= 15 is 0 Å². The zero-order valence-electron chi connectivity index (χ0n) is 51.9. The lowest BCUT2D eigenvalue weighted by atomic mass is 10.1. The van der Waals surface area contributed by atoms with Gasteiger partial charge in [-0.05, 0) is 150 Å². The normalized spacial score (nSPS) is 12.6. The number of hydrogen-bond acceptors (Lipinski definition) is 18. The topological polar surface area (TPSA) is 560 Å². The van der Waals surface area contributed by atoms with Crippen LogP contribution in [0.1, 0.15) is 102 Å². The van der Waals surface area contributed by atoms with Crippen molar-refractivity contribution in [2.24, 2.45) is 28.7 Å². The van der Waals surface area contributed by atoms with E-state index in [1.54, 1.807) is 12.1 Å². The number of hydrogen-bond donors (Lipinski definition) is 18. The van der Waals surface area contributed by atoms with E-state index in [1.807, 2.05) is 0 Å². The highest BCUT2D eigenvalue weighted by Crippen LogP contribution is 2.28. The Morgan fingerprint density at radius 3 is 1.13 bits per heavy atom. The molecule has 23 N–H and O–H groups in total. The molecule has 35 nitrogen and oxygen atoms in total. The highest BCUT2D eigenvalue weighted by atomic mass is 16.5. The predicted octanol–water partition coefficient (Wildman–Crippen LogP) is 1.87. The molecule has 4 aromatic heterocycles. The second kappa shape index (κ2) is 32.1. The molecule has 0 aliphatic heterocycles. The number of aryl methyl sites for hydroxylation is 1. The number of anilines is 4. The number of benzene rings is 4. The summed E-state index contributed by atoms with van der Waals surface area (Å²) in [6, 6.07) is 12.2. The van der Waals surface area contributed by atoms with Gasteiger partial charge in [-0.15, -0.1) is 0 Å². The maximum absolute atomic E-state index is 14.5. The smallest absolute Gasteiger partial charge is 0.291 e. The monoisotopic (exact) mass is 1310 g/mol. The van der Waals surface area contributed by atoms with Crippen LogP contribution in [0.5, 0.6) is 0 Å². The van der Waals surface area contributed by atoms with E-state index in [0.717, 1.165) is 27.1 Å². The maximum Gasteiger partial charge on any atom is 0.291 e. The second-order valence-corrected chi connectivity index (χ2v) is 22.4. The number of carbonyl (C=O) groups excluding carboxylic acids is 5. The first-order valence-corrected chi connectivity index (χ1v) is 30.6. The third kappa shape index (κ3) is 18.1. The molecule has 8 aromatic rings. The van der Waals surface area contributed by atoms with Crippen molar-refractivity contribution in [2.45, 2.75) is 115 Å². The molecular weight excluding hydrogens is 1240 g/mol. The summed E-state index contributed by atoms with van der Waals surface area (Å²) in [6.45, 7) is 3.18. The first-order chi connectivity index (χ1) is 45.5. The Morgan fingerprint density at radius 2 is 0.768 bits per heavy atom. The van der Waals surface area contributed by atoms with Crippen LogP contribution in [0.25, 0.3) is 43.9 Å². The summed E-state index contributed by atoms with van der Waals surface area (Å²) in [5, 5.41) is 54.4. The number of amides is 5. The van der Waals surface area contributed by atoms with E-state index in [4.69, 9.17) is 68.4 Å². The van der Waals surface area contributed by atoms with Crippen molar-refractivity contribution in [1.29, 1.82) is 21.6 Å². The quantitative estimate of drug-likeness (QED) is 0.0155. The van der Waals surface area contributed by atoms with Crippen LogP contribution >= 0.6 is 0 Å². The molecule has 0 unspecified atom stereocenters. The van der Waals surface area contributed by atoms with Crippen LogP contribution in [0.15, 0.2) is 110 Å². The van der Waals surface area contributed by atoms with E-state index < -0.39 is 70.0 Å². The summed E-state index contributed by atoms with van der Waals surface area (Å²) in [5.74, 6) is -4.31. The Morgan fingerprint density at radius 1 is 0.432 bits per heavy atom. The highest BCUT2D eigenvalue weighted by molar-refractivity contribution is 6.00. The standard InChI is InChI=1S/C60H78N22O13/c1-32(74-48(83)13-3-5-23-70-57(62)63)49(84)75-33-15-19-45-38(29-33)54(89)80(93-45)42(11-8-25-72-59(66)67)51(86)77-35-17-21-47-40(31-35)56(91)82(95-47)43(12-9-26-73-60(68)69)52(87)78-36-16-20-46-39(30-36)55(90)81(94-46)41(10-7-24-71-58(64)65)50(85)76-34-14-18-44-37(28-34)53(88)79(92-44)27-6-2-4-22-61/h14-21,28-32,41-43H,2-13,22-27,61H2,1H3,(H,74,83)(H,75,84)(H,76,85)(H,77,86)(H,78,87)(H4,62,63,70)(H4,64,65,71)(H4,66,67,72)(H4,68,69,73)/t32-,41-,42-,43-/m1/s1. The van der Waals surface area contributed by atoms with Crippen molar-refractivity contribution < 1.29 is 42.1 Å². The van der Waals surface area contributed by atoms with Gasteiger partial charge in [0.2, 0.25) is 11.8 Å². The second-order valence-electron chi connectivity index (χ2n) is 22.4. The summed E-state index contributed by atoms with van der Waals surface area (Å²) in [5.41, 5.74) is 25.7. The number of nitrogens with two attached hydrogens (primary N) is 5. The fraction of sp³-hybridized carbons (Fsp3) is 0.383. The third-order valence-electron chi connectivity index (χ3n) is 15.2. The van der Waals surface area contributed by atoms with Gasteiger partial charge in [-0.25, -0.2) is 0 Å². The SMILES string of the molecule is C[C@@H](NC(=O)CCCCNC(=N)N)C(=O)Nc1ccc2on([C@H](CCCNC(=N)N)C(=O)Nc3ccc4on([C@H](CCCNC(=N)N)C(=O)Nc5ccc6on([C@H](CCCNC(=N)N)C(=O)Nc7ccc8on(CCCCCN)c(=O)c8c7)c(=O)c6c5)c(=O)c4c3)c(=O)c2c1. The molecule has 4 heterocycles. The Bertz CT molecular complexity index is 4410. The number of aromatic nitrogens is 4. The lowest BCUT2D eigenvalue weighted by Crippen LogP contribution is -2.41. The maximum atomic E-state index is 14.5. The van der Waals surface area contributed by atoms with Gasteiger partial charge in [0.1, 0.15) is 24.2 Å². The summed E-state index contributed by atoms with van der Waals surface area (Å²) in [4.78, 5) is 125. The van der Waals surface area contributed by atoms with E-state index in [-0.39, 0.29) is 155 Å². The van der Waals surface area contributed by atoms with E-state index in [1.165, 1.54) is 72.3 Å². The predicted molar refractivity (Wildman–Crippen MR) is 355 cm³/mol. The van der Waals surface area contributed by atoms with Crippen molar-refractivity contribution >= 4 is 120 Å². The van der Waals surface area contributed by atoms with Crippen LogP contribution in [0.3, 0.4) is 0 Å². The number of carbonyl (C=O) groups is 5.